The van der Waals surface area contributed by atoms with E-state index < -0.39 is 0 Å². The summed E-state index contributed by atoms with van der Waals surface area (Å²) < 4.78 is 0. The first-order chi connectivity index (χ1) is 17.5. The molecule has 0 saturated heterocycles. The lowest BCUT2D eigenvalue weighted by Gasteiger charge is -2.20. The summed E-state index contributed by atoms with van der Waals surface area (Å²) in [7, 11) is 0. The van der Waals surface area contributed by atoms with E-state index in [4.69, 9.17) is 0 Å². The second kappa shape index (κ2) is 20.3. The normalized spacial score (nSPS) is 12.9. The van der Waals surface area contributed by atoms with Gasteiger partial charge in [0.1, 0.15) is 0 Å². The van der Waals surface area contributed by atoms with Gasteiger partial charge in [-0.15, -0.1) is 0 Å². The third-order valence-electron chi connectivity index (χ3n) is 5.77. The highest BCUT2D eigenvalue weighted by Crippen LogP contribution is 2.32. The van der Waals surface area contributed by atoms with Crippen molar-refractivity contribution in [2.75, 3.05) is 5.32 Å². The fraction of sp³-hybridized carbons (Fsp3) is 0.441. The zero-order valence-electron chi connectivity index (χ0n) is 23.4. The molecular formula is C34H49NO. The summed E-state index contributed by atoms with van der Waals surface area (Å²) in [6.45, 7) is 10.8. The minimum absolute atomic E-state index is 0.0875. The molecule has 2 nitrogen and oxygen atoms in total. The van der Waals surface area contributed by atoms with E-state index in [-0.39, 0.29) is 5.91 Å². The Hall–Kier alpha value is -2.87. The number of carbonyl (C=O) groups is 1. The number of para-hydroxylation sites is 1. The second-order valence-electron chi connectivity index (χ2n) is 9.62. The highest BCUT2D eigenvalue weighted by molar-refractivity contribution is 5.92. The number of hydrogen-bond acceptors (Lipinski definition) is 1. The van der Waals surface area contributed by atoms with Crippen LogP contribution in [0.3, 0.4) is 0 Å². The minimum atomic E-state index is 0.0875. The van der Waals surface area contributed by atoms with Crippen molar-refractivity contribution in [1.29, 1.82) is 0 Å². The van der Waals surface area contributed by atoms with Crippen LogP contribution in [-0.4, -0.2) is 5.91 Å². The molecule has 0 aromatic heterocycles. The number of benzene rings is 1. The van der Waals surface area contributed by atoms with Gasteiger partial charge in [-0.05, 0) is 67.9 Å². The van der Waals surface area contributed by atoms with Gasteiger partial charge in [0, 0.05) is 12.1 Å². The lowest BCUT2D eigenvalue weighted by molar-refractivity contribution is -0.116. The summed E-state index contributed by atoms with van der Waals surface area (Å²) in [6, 6.07) is 6.34. The number of carbonyl (C=O) groups excluding carboxylic acids is 1. The number of anilines is 1. The van der Waals surface area contributed by atoms with Gasteiger partial charge in [-0.2, -0.15) is 0 Å². The van der Waals surface area contributed by atoms with E-state index in [0.29, 0.717) is 18.3 Å². The Morgan fingerprint density at radius 2 is 1.06 bits per heavy atom. The summed E-state index contributed by atoms with van der Waals surface area (Å²) in [6.07, 6.45) is 33.6. The number of allylic oxidation sites excluding steroid dienone is 12. The first-order valence-electron chi connectivity index (χ1n) is 13.8. The first-order valence-corrected chi connectivity index (χ1v) is 13.8. The molecule has 196 valence electrons. The standard InChI is InChI=1S/C34H49NO/c1-6-7-8-9-10-11-12-13-14-15-16-17-18-19-20-21-22-23-24-28-33(36)35-34-31(29(2)3)26-25-27-32(34)30(4)5/h7-8,10-11,13-14,16-17,19-20,22-23,25-27,29-30H,6,9,12,15,18,21,24,28H2,1-5H3,(H,35,36)/b8-7+,11-10+,14-13+,17-16+,20-19+,23-22+. The average Bonchev–Trinajstić information content (AvgIpc) is 2.85. The Kier molecular flexibility index (Phi) is 17.6. The molecule has 0 aliphatic carbocycles. The van der Waals surface area contributed by atoms with Crippen LogP contribution in [0.1, 0.15) is 109 Å². The van der Waals surface area contributed by atoms with E-state index in [1.54, 1.807) is 0 Å². The van der Waals surface area contributed by atoms with Crippen LogP contribution in [0.25, 0.3) is 0 Å². The third-order valence-corrected chi connectivity index (χ3v) is 5.77. The van der Waals surface area contributed by atoms with Crippen molar-refractivity contribution < 1.29 is 4.79 Å². The Bertz CT molecular complexity index is 883. The van der Waals surface area contributed by atoms with Crippen LogP contribution in [0.5, 0.6) is 0 Å². The smallest absolute Gasteiger partial charge is 0.224 e. The molecule has 0 unspecified atom stereocenters. The molecule has 2 heteroatoms. The Balaban J connectivity index is 2.23. The lowest BCUT2D eigenvalue weighted by atomic mass is 9.92. The van der Waals surface area contributed by atoms with Gasteiger partial charge in [-0.25, -0.2) is 0 Å². The third kappa shape index (κ3) is 14.5. The van der Waals surface area contributed by atoms with E-state index in [1.165, 1.54) is 11.1 Å². The number of rotatable bonds is 17. The van der Waals surface area contributed by atoms with Gasteiger partial charge in [0.25, 0.3) is 0 Å². The Morgan fingerprint density at radius 3 is 1.44 bits per heavy atom. The minimum Gasteiger partial charge on any atom is -0.326 e. The van der Waals surface area contributed by atoms with Crippen LogP contribution in [0, 0.1) is 0 Å². The highest BCUT2D eigenvalue weighted by atomic mass is 16.1. The van der Waals surface area contributed by atoms with Gasteiger partial charge in [-0.1, -0.05) is 126 Å². The fourth-order valence-electron chi connectivity index (χ4n) is 3.75. The average molecular weight is 488 g/mol. The quantitative estimate of drug-likeness (QED) is 0.217. The molecule has 1 aromatic carbocycles. The molecule has 36 heavy (non-hydrogen) atoms. The monoisotopic (exact) mass is 487 g/mol. The molecule has 0 saturated carbocycles. The maximum Gasteiger partial charge on any atom is 0.224 e. The van der Waals surface area contributed by atoms with Crippen LogP contribution in [0.2, 0.25) is 0 Å². The van der Waals surface area contributed by atoms with Crippen molar-refractivity contribution in [2.45, 2.75) is 97.8 Å². The molecule has 0 spiro atoms. The van der Waals surface area contributed by atoms with Gasteiger partial charge in [-0.3, -0.25) is 4.79 Å². The molecule has 1 rings (SSSR count). The summed E-state index contributed by atoms with van der Waals surface area (Å²) in [5.74, 6) is 0.842. The number of amides is 1. The molecule has 0 fully saturated rings. The van der Waals surface area contributed by atoms with Crippen LogP contribution in [0.15, 0.2) is 91.1 Å². The summed E-state index contributed by atoms with van der Waals surface area (Å²) in [5.41, 5.74) is 3.43. The molecule has 1 N–H and O–H groups in total. The summed E-state index contributed by atoms with van der Waals surface area (Å²) in [5, 5.41) is 3.20. The molecule has 0 aliphatic rings. The van der Waals surface area contributed by atoms with Crippen molar-refractivity contribution in [1.82, 2.24) is 0 Å². The van der Waals surface area contributed by atoms with E-state index in [1.807, 2.05) is 0 Å². The largest absolute Gasteiger partial charge is 0.326 e. The van der Waals surface area contributed by atoms with Gasteiger partial charge >= 0.3 is 0 Å². The second-order valence-corrected chi connectivity index (χ2v) is 9.62. The SMILES string of the molecule is CC/C=C/C/C=C/C/C=C/C/C=C/C/C=C/C/C=C/CCC(=O)Nc1c(C(C)C)cccc1C(C)C. The molecule has 0 radical (unpaired) electrons. The number of hydrogen-bond donors (Lipinski definition) is 1. The Labute approximate surface area is 221 Å². The van der Waals surface area contributed by atoms with Crippen LogP contribution < -0.4 is 5.32 Å². The van der Waals surface area contributed by atoms with Crippen molar-refractivity contribution in [3.8, 4) is 0 Å². The molecule has 0 aliphatic heterocycles. The van der Waals surface area contributed by atoms with Crippen LogP contribution in [-0.2, 0) is 4.79 Å². The molecular weight excluding hydrogens is 438 g/mol. The van der Waals surface area contributed by atoms with Crippen molar-refractivity contribution in [2.24, 2.45) is 0 Å². The highest BCUT2D eigenvalue weighted by Gasteiger charge is 2.15. The van der Waals surface area contributed by atoms with Gasteiger partial charge in [0.2, 0.25) is 5.91 Å². The van der Waals surface area contributed by atoms with Crippen LogP contribution >= 0.6 is 0 Å². The molecule has 1 aromatic rings. The van der Waals surface area contributed by atoms with E-state index >= 15 is 0 Å². The fourth-order valence-corrected chi connectivity index (χ4v) is 3.75. The van der Waals surface area contributed by atoms with E-state index in [9.17, 15) is 4.79 Å². The zero-order chi connectivity index (χ0) is 26.4. The summed E-state index contributed by atoms with van der Waals surface area (Å²) in [4.78, 5) is 12.6. The predicted molar refractivity (Wildman–Crippen MR) is 161 cm³/mol. The zero-order valence-corrected chi connectivity index (χ0v) is 23.4. The molecule has 0 atom stereocenters. The Morgan fingerprint density at radius 1 is 0.667 bits per heavy atom. The van der Waals surface area contributed by atoms with Gasteiger partial charge < -0.3 is 5.32 Å². The predicted octanol–water partition coefficient (Wildman–Crippen LogP) is 10.3. The van der Waals surface area contributed by atoms with Crippen molar-refractivity contribution in [3.63, 3.8) is 0 Å². The maximum absolute atomic E-state index is 12.6. The van der Waals surface area contributed by atoms with E-state index in [0.717, 1.165) is 50.6 Å². The van der Waals surface area contributed by atoms with Crippen molar-refractivity contribution in [3.05, 3.63) is 102 Å². The topological polar surface area (TPSA) is 29.1 Å². The van der Waals surface area contributed by atoms with Crippen LogP contribution in [0.4, 0.5) is 5.69 Å². The van der Waals surface area contributed by atoms with Crippen molar-refractivity contribution >= 4 is 11.6 Å². The van der Waals surface area contributed by atoms with E-state index in [2.05, 4.69) is 131 Å². The lowest BCUT2D eigenvalue weighted by Crippen LogP contribution is -2.15. The van der Waals surface area contributed by atoms with Gasteiger partial charge in [0.15, 0.2) is 0 Å². The molecule has 0 heterocycles. The number of nitrogens with one attached hydrogen (secondary N) is 1. The maximum atomic E-state index is 12.6. The molecule has 0 bridgehead atoms. The van der Waals surface area contributed by atoms with Gasteiger partial charge in [0.05, 0.1) is 0 Å². The molecule has 1 amide bonds. The summed E-state index contributed by atoms with van der Waals surface area (Å²) >= 11 is 0. The first kappa shape index (κ1) is 31.2.